The largest absolute Gasteiger partial charge is 0.360 e. The molecular weight excluding hydrogens is 357 g/mol. The van der Waals surface area contributed by atoms with Crippen molar-refractivity contribution in [3.8, 4) is 0 Å². The Morgan fingerprint density at radius 3 is 2.77 bits per heavy atom. The highest BCUT2D eigenvalue weighted by atomic mass is 32.2. The first kappa shape index (κ1) is 17.0. The topological polar surface area (TPSA) is 79.2 Å². The summed E-state index contributed by atoms with van der Waals surface area (Å²) in [6, 6.07) is 4.62. The van der Waals surface area contributed by atoms with Gasteiger partial charge in [-0.3, -0.25) is 0 Å². The summed E-state index contributed by atoms with van der Waals surface area (Å²) in [4.78, 5) is 3.22. The number of fused-ring (bicyclic) bond motifs is 1. The van der Waals surface area contributed by atoms with Crippen molar-refractivity contribution in [3.05, 3.63) is 53.3 Å². The second-order valence-corrected chi connectivity index (χ2v) is 8.26. The molecule has 0 spiro atoms. The molecule has 0 fully saturated rings. The Labute approximate surface area is 150 Å². The van der Waals surface area contributed by atoms with Gasteiger partial charge in [0.15, 0.2) is 5.76 Å². The van der Waals surface area contributed by atoms with Crippen LogP contribution in [0, 0.1) is 19.7 Å². The molecular formula is C18H18FN3O3S. The number of aromatic amines is 1. The molecule has 0 radical (unpaired) electrons. The number of H-pyrrole nitrogens is 1. The average Bonchev–Trinajstić information content (AvgIpc) is 3.18. The number of hydrogen-bond donors (Lipinski definition) is 1. The van der Waals surface area contributed by atoms with Gasteiger partial charge in [0.05, 0.1) is 0 Å². The Morgan fingerprint density at radius 2 is 2.12 bits per heavy atom. The summed E-state index contributed by atoms with van der Waals surface area (Å²) in [5.41, 5.74) is 3.13. The number of nitrogens with one attached hydrogen (secondary N) is 1. The zero-order chi connectivity index (χ0) is 18.5. The minimum Gasteiger partial charge on any atom is -0.360 e. The summed E-state index contributed by atoms with van der Waals surface area (Å²) in [6.07, 6.45) is 4.33. The van der Waals surface area contributed by atoms with E-state index in [0.717, 1.165) is 22.0 Å². The molecule has 8 heteroatoms. The SMILES string of the molecule is Cc1noc(C)c1S(=O)(=O)N1CC=C(c2c[nH]c3cc(F)ccc23)CC1. The van der Waals surface area contributed by atoms with E-state index in [1.807, 2.05) is 12.3 Å². The molecule has 6 nitrogen and oxygen atoms in total. The minimum absolute atomic E-state index is 0.150. The maximum atomic E-state index is 13.3. The predicted octanol–water partition coefficient (Wildman–Crippen LogP) is 3.39. The molecule has 3 aromatic rings. The molecule has 1 aliphatic heterocycles. The molecule has 0 saturated heterocycles. The molecule has 26 heavy (non-hydrogen) atoms. The van der Waals surface area contributed by atoms with E-state index in [1.54, 1.807) is 19.9 Å². The van der Waals surface area contributed by atoms with E-state index in [9.17, 15) is 12.8 Å². The van der Waals surface area contributed by atoms with E-state index < -0.39 is 10.0 Å². The van der Waals surface area contributed by atoms with Gasteiger partial charge in [0.25, 0.3) is 0 Å². The third kappa shape index (κ3) is 2.65. The van der Waals surface area contributed by atoms with Gasteiger partial charge in [0.2, 0.25) is 10.0 Å². The van der Waals surface area contributed by atoms with Crippen LogP contribution in [0.5, 0.6) is 0 Å². The third-order valence-electron chi connectivity index (χ3n) is 4.73. The molecule has 1 N–H and O–H groups in total. The number of aryl methyl sites for hydroxylation is 2. The normalized spacial score (nSPS) is 16.2. The average molecular weight is 375 g/mol. The Morgan fingerprint density at radius 1 is 1.31 bits per heavy atom. The van der Waals surface area contributed by atoms with Crippen LogP contribution in [0.4, 0.5) is 4.39 Å². The molecule has 0 atom stereocenters. The summed E-state index contributed by atoms with van der Waals surface area (Å²) in [5, 5.41) is 4.67. The van der Waals surface area contributed by atoms with E-state index >= 15 is 0 Å². The first-order chi connectivity index (χ1) is 12.4. The summed E-state index contributed by atoms with van der Waals surface area (Å²) in [5.74, 6) is 0.0104. The standard InChI is InChI=1S/C18H18FN3O3S/c1-11-18(12(2)25-21-11)26(23,24)22-7-5-13(6-8-22)16-10-20-17-9-14(19)3-4-15(16)17/h3-5,9-10,20H,6-8H2,1-2H3. The van der Waals surface area contributed by atoms with Gasteiger partial charge >= 0.3 is 0 Å². The first-order valence-electron chi connectivity index (χ1n) is 8.27. The van der Waals surface area contributed by atoms with Crippen LogP contribution >= 0.6 is 0 Å². The van der Waals surface area contributed by atoms with Gasteiger partial charge in [-0.2, -0.15) is 4.31 Å². The number of hydrogen-bond acceptors (Lipinski definition) is 4. The Hall–Kier alpha value is -2.45. The van der Waals surface area contributed by atoms with Gasteiger partial charge in [-0.15, -0.1) is 0 Å². The number of aromatic nitrogens is 2. The van der Waals surface area contributed by atoms with Crippen LogP contribution in [0.15, 0.2) is 39.9 Å². The molecule has 0 aliphatic carbocycles. The maximum absolute atomic E-state index is 13.3. The molecule has 1 aromatic carbocycles. The highest BCUT2D eigenvalue weighted by Crippen LogP contribution is 2.32. The fourth-order valence-corrected chi connectivity index (χ4v) is 5.12. The second kappa shape index (κ2) is 6.07. The number of rotatable bonds is 3. The summed E-state index contributed by atoms with van der Waals surface area (Å²) < 4.78 is 45.5. The molecule has 4 rings (SSSR count). The van der Waals surface area contributed by atoms with E-state index in [4.69, 9.17) is 4.52 Å². The quantitative estimate of drug-likeness (QED) is 0.761. The van der Waals surface area contributed by atoms with E-state index in [1.165, 1.54) is 16.4 Å². The fraction of sp³-hybridized carbons (Fsp3) is 0.278. The minimum atomic E-state index is -3.65. The Bertz CT molecular complexity index is 1110. The molecule has 3 heterocycles. The summed E-state index contributed by atoms with van der Waals surface area (Å²) in [7, 11) is -3.65. The van der Waals surface area contributed by atoms with Crippen molar-refractivity contribution in [1.29, 1.82) is 0 Å². The summed E-state index contributed by atoms with van der Waals surface area (Å²) >= 11 is 0. The highest BCUT2D eigenvalue weighted by Gasteiger charge is 2.32. The molecule has 0 amide bonds. The van der Waals surface area contributed by atoms with Crippen LogP contribution in [-0.4, -0.2) is 36.0 Å². The Balaban J connectivity index is 1.64. The smallest absolute Gasteiger partial charge is 0.248 e. The zero-order valence-corrected chi connectivity index (χ0v) is 15.2. The van der Waals surface area contributed by atoms with Crippen molar-refractivity contribution in [2.45, 2.75) is 25.2 Å². The molecule has 0 saturated carbocycles. The van der Waals surface area contributed by atoms with Crippen LogP contribution < -0.4 is 0 Å². The number of benzene rings is 1. The molecule has 0 bridgehead atoms. The molecule has 0 unspecified atom stereocenters. The lowest BCUT2D eigenvalue weighted by Crippen LogP contribution is -2.35. The van der Waals surface area contributed by atoms with Crippen molar-refractivity contribution in [2.75, 3.05) is 13.1 Å². The monoisotopic (exact) mass is 375 g/mol. The predicted molar refractivity (Wildman–Crippen MR) is 95.6 cm³/mol. The van der Waals surface area contributed by atoms with Crippen molar-refractivity contribution in [1.82, 2.24) is 14.4 Å². The van der Waals surface area contributed by atoms with Gasteiger partial charge in [-0.05, 0) is 44.0 Å². The van der Waals surface area contributed by atoms with Crippen molar-refractivity contribution < 1.29 is 17.3 Å². The van der Waals surface area contributed by atoms with Crippen LogP contribution in [0.25, 0.3) is 16.5 Å². The van der Waals surface area contributed by atoms with Gasteiger partial charge in [-0.25, -0.2) is 12.8 Å². The van der Waals surface area contributed by atoms with E-state index in [-0.39, 0.29) is 17.3 Å². The van der Waals surface area contributed by atoms with Crippen LogP contribution in [0.3, 0.4) is 0 Å². The fourth-order valence-electron chi connectivity index (χ4n) is 3.45. The zero-order valence-electron chi connectivity index (χ0n) is 14.4. The van der Waals surface area contributed by atoms with E-state index in [0.29, 0.717) is 24.4 Å². The van der Waals surface area contributed by atoms with Gasteiger partial charge in [0, 0.05) is 35.8 Å². The van der Waals surface area contributed by atoms with Gasteiger partial charge in [0.1, 0.15) is 16.4 Å². The lowest BCUT2D eigenvalue weighted by Gasteiger charge is -2.25. The first-order valence-corrected chi connectivity index (χ1v) is 9.71. The lowest BCUT2D eigenvalue weighted by atomic mass is 10.00. The number of halogens is 1. The molecule has 2 aromatic heterocycles. The molecule has 136 valence electrons. The molecule has 1 aliphatic rings. The summed E-state index contributed by atoms with van der Waals surface area (Å²) in [6.45, 7) is 3.87. The second-order valence-electron chi connectivity index (χ2n) is 6.39. The van der Waals surface area contributed by atoms with Gasteiger partial charge < -0.3 is 9.51 Å². The van der Waals surface area contributed by atoms with Crippen molar-refractivity contribution >= 4 is 26.5 Å². The van der Waals surface area contributed by atoms with Crippen molar-refractivity contribution in [3.63, 3.8) is 0 Å². The van der Waals surface area contributed by atoms with Crippen LogP contribution in [0.2, 0.25) is 0 Å². The van der Waals surface area contributed by atoms with Crippen LogP contribution in [0.1, 0.15) is 23.4 Å². The lowest BCUT2D eigenvalue weighted by molar-refractivity contribution is 0.389. The van der Waals surface area contributed by atoms with Crippen LogP contribution in [-0.2, 0) is 10.0 Å². The third-order valence-corrected chi connectivity index (χ3v) is 6.84. The number of sulfonamides is 1. The highest BCUT2D eigenvalue weighted by molar-refractivity contribution is 7.89. The van der Waals surface area contributed by atoms with Gasteiger partial charge in [-0.1, -0.05) is 11.2 Å². The number of nitrogens with zero attached hydrogens (tertiary/aromatic N) is 2. The van der Waals surface area contributed by atoms with E-state index in [2.05, 4.69) is 10.1 Å². The Kier molecular flexibility index (Phi) is 3.96. The van der Waals surface area contributed by atoms with Crippen molar-refractivity contribution in [2.24, 2.45) is 0 Å². The maximum Gasteiger partial charge on any atom is 0.248 e.